The third-order valence-electron chi connectivity index (χ3n) is 5.65. The number of ether oxygens (including phenoxy) is 1. The lowest BCUT2D eigenvalue weighted by Crippen LogP contribution is -2.44. The first-order chi connectivity index (χ1) is 14.5. The monoisotopic (exact) mass is 426 g/mol. The highest BCUT2D eigenvalue weighted by Gasteiger charge is 2.47. The van der Waals surface area contributed by atoms with Crippen molar-refractivity contribution in [3.8, 4) is 0 Å². The molecule has 156 valence electrons. The lowest BCUT2D eigenvalue weighted by Gasteiger charge is -2.39. The second kappa shape index (κ2) is 8.48. The molecule has 0 radical (unpaired) electrons. The van der Waals surface area contributed by atoms with Crippen LogP contribution in [0.3, 0.4) is 0 Å². The topological polar surface area (TPSA) is 84.5 Å². The number of rotatable bonds is 7. The lowest BCUT2D eigenvalue weighted by molar-refractivity contribution is -0.156. The Morgan fingerprint density at radius 3 is 2.43 bits per heavy atom. The van der Waals surface area contributed by atoms with E-state index in [-0.39, 0.29) is 18.6 Å². The van der Waals surface area contributed by atoms with E-state index in [4.69, 9.17) is 16.3 Å². The van der Waals surface area contributed by atoms with Crippen molar-refractivity contribution in [3.63, 3.8) is 0 Å². The first kappa shape index (κ1) is 20.4. The van der Waals surface area contributed by atoms with Gasteiger partial charge in [0.2, 0.25) is 0 Å². The minimum atomic E-state index is -0.703. The highest BCUT2D eigenvalue weighted by molar-refractivity contribution is 6.30. The van der Waals surface area contributed by atoms with Gasteiger partial charge in [0.15, 0.2) is 6.61 Å². The van der Waals surface area contributed by atoms with Gasteiger partial charge < -0.3 is 15.4 Å². The largest absolute Gasteiger partial charge is 0.455 e. The predicted octanol–water partition coefficient (Wildman–Crippen LogP) is 3.84. The summed E-state index contributed by atoms with van der Waals surface area (Å²) >= 11 is 5.95. The summed E-state index contributed by atoms with van der Waals surface area (Å²) in [6.45, 7) is -0.382. The van der Waals surface area contributed by atoms with E-state index in [1.54, 1.807) is 36.4 Å². The van der Waals surface area contributed by atoms with Gasteiger partial charge in [0.05, 0.1) is 5.41 Å². The maximum absolute atomic E-state index is 12.8. The Hall–Kier alpha value is -2.86. The molecule has 2 saturated carbocycles. The van der Waals surface area contributed by atoms with E-state index in [9.17, 15) is 14.4 Å². The SMILES string of the molecule is O=C(COC(=O)C1(c2ccc(Cl)cc2)CCC1)Nc1cccc(C(=O)NC2CC2)c1. The first-order valence-electron chi connectivity index (χ1n) is 10.1. The fraction of sp³-hybridized carbons (Fsp3) is 0.348. The summed E-state index contributed by atoms with van der Waals surface area (Å²) in [5, 5.41) is 6.20. The summed E-state index contributed by atoms with van der Waals surface area (Å²) in [5.74, 6) is -1.01. The Balaban J connectivity index is 1.33. The van der Waals surface area contributed by atoms with Crippen LogP contribution in [-0.2, 0) is 19.7 Å². The number of carbonyl (C=O) groups excluding carboxylic acids is 3. The number of hydrogen-bond donors (Lipinski definition) is 2. The minimum Gasteiger partial charge on any atom is -0.455 e. The van der Waals surface area contributed by atoms with Crippen LogP contribution in [0.5, 0.6) is 0 Å². The molecule has 2 amide bonds. The van der Waals surface area contributed by atoms with Crippen LogP contribution >= 0.6 is 11.6 Å². The lowest BCUT2D eigenvalue weighted by atomic mass is 9.64. The molecule has 30 heavy (non-hydrogen) atoms. The van der Waals surface area contributed by atoms with Crippen LogP contribution in [0.4, 0.5) is 5.69 Å². The number of nitrogens with one attached hydrogen (secondary N) is 2. The van der Waals surface area contributed by atoms with Gasteiger partial charge in [0.1, 0.15) is 0 Å². The van der Waals surface area contributed by atoms with Crippen LogP contribution in [0.25, 0.3) is 0 Å². The van der Waals surface area contributed by atoms with Gasteiger partial charge in [-0.3, -0.25) is 14.4 Å². The van der Waals surface area contributed by atoms with E-state index < -0.39 is 17.3 Å². The molecule has 2 aromatic carbocycles. The first-order valence-corrected chi connectivity index (χ1v) is 10.5. The van der Waals surface area contributed by atoms with Gasteiger partial charge in [0, 0.05) is 22.3 Å². The van der Waals surface area contributed by atoms with Gasteiger partial charge in [-0.05, 0) is 61.6 Å². The second-order valence-electron chi connectivity index (χ2n) is 7.90. The van der Waals surface area contributed by atoms with E-state index in [0.717, 1.165) is 24.8 Å². The quantitative estimate of drug-likeness (QED) is 0.659. The van der Waals surface area contributed by atoms with Crippen LogP contribution in [0, 0.1) is 0 Å². The normalized spacial score (nSPS) is 16.8. The molecule has 0 bridgehead atoms. The fourth-order valence-corrected chi connectivity index (χ4v) is 3.74. The molecule has 0 atom stereocenters. The molecular weight excluding hydrogens is 404 g/mol. The molecule has 0 heterocycles. The fourth-order valence-electron chi connectivity index (χ4n) is 3.61. The van der Waals surface area contributed by atoms with E-state index >= 15 is 0 Å². The van der Waals surface area contributed by atoms with E-state index in [1.807, 2.05) is 12.1 Å². The molecular formula is C23H23ClN2O4. The van der Waals surface area contributed by atoms with E-state index in [2.05, 4.69) is 10.6 Å². The molecule has 2 aliphatic rings. The zero-order valence-corrected chi connectivity index (χ0v) is 17.2. The van der Waals surface area contributed by atoms with Crippen molar-refractivity contribution in [3.05, 3.63) is 64.7 Å². The molecule has 2 aliphatic carbocycles. The summed E-state index contributed by atoms with van der Waals surface area (Å²) in [7, 11) is 0. The van der Waals surface area contributed by atoms with E-state index in [1.165, 1.54) is 0 Å². The standard InChI is InChI=1S/C23H23ClN2O4/c24-17-7-5-16(6-8-17)23(11-2-12-23)22(29)30-14-20(27)25-19-4-1-3-15(13-19)21(28)26-18-9-10-18/h1,3-8,13,18H,2,9-12,14H2,(H,25,27)(H,26,28). The summed E-state index contributed by atoms with van der Waals surface area (Å²) in [6.07, 6.45) is 4.32. The van der Waals surface area contributed by atoms with Crippen LogP contribution in [0.15, 0.2) is 48.5 Å². The second-order valence-corrected chi connectivity index (χ2v) is 8.33. The smallest absolute Gasteiger partial charge is 0.317 e. The molecule has 0 spiro atoms. The zero-order valence-electron chi connectivity index (χ0n) is 16.4. The maximum atomic E-state index is 12.8. The highest BCUT2D eigenvalue weighted by Crippen LogP contribution is 2.45. The number of esters is 1. The van der Waals surface area contributed by atoms with Gasteiger partial charge in [-0.1, -0.05) is 36.2 Å². The Bertz CT molecular complexity index is 965. The third kappa shape index (κ3) is 4.49. The highest BCUT2D eigenvalue weighted by atomic mass is 35.5. The Morgan fingerprint density at radius 2 is 1.80 bits per heavy atom. The van der Waals surface area contributed by atoms with Crippen molar-refractivity contribution in [1.82, 2.24) is 5.32 Å². The van der Waals surface area contributed by atoms with Crippen LogP contribution in [0.2, 0.25) is 5.02 Å². The zero-order chi connectivity index (χ0) is 21.1. The van der Waals surface area contributed by atoms with Crippen molar-refractivity contribution in [1.29, 1.82) is 0 Å². The third-order valence-corrected chi connectivity index (χ3v) is 5.90. The molecule has 0 aliphatic heterocycles. The Morgan fingerprint density at radius 1 is 1.07 bits per heavy atom. The molecule has 0 unspecified atom stereocenters. The molecule has 2 fully saturated rings. The molecule has 2 N–H and O–H groups in total. The molecule has 0 saturated heterocycles. The number of anilines is 1. The number of hydrogen-bond acceptors (Lipinski definition) is 4. The van der Waals surface area contributed by atoms with Gasteiger partial charge >= 0.3 is 5.97 Å². The van der Waals surface area contributed by atoms with Crippen LogP contribution in [-0.4, -0.2) is 30.4 Å². The summed E-state index contributed by atoms with van der Waals surface area (Å²) in [5.41, 5.74) is 1.12. The van der Waals surface area contributed by atoms with Crippen LogP contribution < -0.4 is 10.6 Å². The molecule has 0 aromatic heterocycles. The number of carbonyl (C=O) groups is 3. The van der Waals surface area contributed by atoms with Gasteiger partial charge in [0.25, 0.3) is 11.8 Å². The Labute approximate surface area is 179 Å². The average Bonchev–Trinajstić information content (AvgIpc) is 3.51. The number of benzene rings is 2. The average molecular weight is 427 g/mol. The summed E-state index contributed by atoms with van der Waals surface area (Å²) in [4.78, 5) is 37.2. The molecule has 6 nitrogen and oxygen atoms in total. The van der Waals surface area contributed by atoms with Gasteiger partial charge in [-0.2, -0.15) is 0 Å². The molecule has 4 rings (SSSR count). The van der Waals surface area contributed by atoms with Crippen LogP contribution in [0.1, 0.15) is 48.0 Å². The number of halogens is 1. The van der Waals surface area contributed by atoms with Crippen molar-refractivity contribution >= 4 is 35.1 Å². The minimum absolute atomic E-state index is 0.157. The Kier molecular flexibility index (Phi) is 5.77. The van der Waals surface area contributed by atoms with Crippen molar-refractivity contribution in [2.45, 2.75) is 43.6 Å². The van der Waals surface area contributed by atoms with Gasteiger partial charge in [-0.15, -0.1) is 0 Å². The van der Waals surface area contributed by atoms with Crippen molar-refractivity contribution < 1.29 is 19.1 Å². The summed E-state index contributed by atoms with van der Waals surface area (Å²) in [6, 6.07) is 14.1. The van der Waals surface area contributed by atoms with Crippen molar-refractivity contribution in [2.24, 2.45) is 0 Å². The van der Waals surface area contributed by atoms with E-state index in [0.29, 0.717) is 29.1 Å². The predicted molar refractivity (Wildman–Crippen MR) is 113 cm³/mol. The van der Waals surface area contributed by atoms with Crippen molar-refractivity contribution in [2.75, 3.05) is 11.9 Å². The summed E-state index contributed by atoms with van der Waals surface area (Å²) < 4.78 is 5.34. The molecule has 7 heteroatoms. The van der Waals surface area contributed by atoms with Gasteiger partial charge in [-0.25, -0.2) is 0 Å². The number of amides is 2. The molecule has 2 aromatic rings. The maximum Gasteiger partial charge on any atom is 0.317 e.